The number of fused-ring (bicyclic) bond motifs is 1. The lowest BCUT2D eigenvalue weighted by Gasteiger charge is -2.09. The molecule has 6 nitrogen and oxygen atoms in total. The highest BCUT2D eigenvalue weighted by molar-refractivity contribution is 6.30. The molecule has 0 aliphatic rings. The summed E-state index contributed by atoms with van der Waals surface area (Å²) < 4.78 is 17.0. The zero-order valence-electron chi connectivity index (χ0n) is 17.7. The number of aromatic nitrogens is 3. The molecular formula is C24H22ClFN4O2. The van der Waals surface area contributed by atoms with Crippen LogP contribution in [-0.4, -0.2) is 20.0 Å². The Labute approximate surface area is 189 Å². The minimum absolute atomic E-state index is 0.135. The molecule has 0 saturated carbocycles. The zero-order valence-corrected chi connectivity index (χ0v) is 18.5. The van der Waals surface area contributed by atoms with Crippen molar-refractivity contribution in [1.29, 1.82) is 0 Å². The molecule has 4 rings (SSSR count). The van der Waals surface area contributed by atoms with Gasteiger partial charge in [0.25, 0.3) is 5.56 Å². The first-order valence-electron chi connectivity index (χ1n) is 10.2. The number of hydrogen-bond donors (Lipinski definition) is 1. The summed E-state index contributed by atoms with van der Waals surface area (Å²) in [5.74, 6) is -0.541. The Morgan fingerprint density at radius 3 is 2.69 bits per heavy atom. The number of rotatable bonds is 6. The second kappa shape index (κ2) is 8.96. The Morgan fingerprint density at radius 1 is 1.16 bits per heavy atom. The van der Waals surface area contributed by atoms with Gasteiger partial charge in [-0.05, 0) is 55.3 Å². The van der Waals surface area contributed by atoms with Crippen LogP contribution >= 0.6 is 11.6 Å². The van der Waals surface area contributed by atoms with Crippen LogP contribution in [0, 0.1) is 19.7 Å². The topological polar surface area (TPSA) is 68.9 Å². The first-order chi connectivity index (χ1) is 15.3. The maximum Gasteiger partial charge on any atom is 0.263 e. The standard InChI is InChI=1S/C24H22ClFN4O2/c1-15-16(2)30(20-8-4-7-19(26)12-20)23-22(15)24(32)29(14-28-23)10-9-21(31)27-13-17-5-3-6-18(25)11-17/h3-8,11-12,14H,9-10,13H2,1-2H3,(H,27,31). The van der Waals surface area contributed by atoms with Crippen LogP contribution in [-0.2, 0) is 17.9 Å². The van der Waals surface area contributed by atoms with E-state index in [9.17, 15) is 14.0 Å². The van der Waals surface area contributed by atoms with Crippen LogP contribution < -0.4 is 10.9 Å². The molecule has 4 aromatic rings. The third-order valence-electron chi connectivity index (χ3n) is 5.51. The van der Waals surface area contributed by atoms with Gasteiger partial charge in [0.1, 0.15) is 5.82 Å². The van der Waals surface area contributed by atoms with Crippen molar-refractivity contribution in [2.75, 3.05) is 0 Å². The molecular weight excluding hydrogens is 431 g/mol. The smallest absolute Gasteiger partial charge is 0.263 e. The van der Waals surface area contributed by atoms with Gasteiger partial charge in [0.2, 0.25) is 5.91 Å². The van der Waals surface area contributed by atoms with Crippen LogP contribution in [0.25, 0.3) is 16.7 Å². The Hall–Kier alpha value is -3.45. The average molecular weight is 453 g/mol. The second-order valence-corrected chi connectivity index (χ2v) is 8.06. The van der Waals surface area contributed by atoms with Crippen molar-refractivity contribution in [3.05, 3.63) is 92.9 Å². The predicted molar refractivity (Wildman–Crippen MR) is 123 cm³/mol. The van der Waals surface area contributed by atoms with Crippen molar-refractivity contribution in [2.24, 2.45) is 0 Å². The number of benzene rings is 2. The summed E-state index contributed by atoms with van der Waals surface area (Å²) in [5.41, 5.74) is 3.33. The van der Waals surface area contributed by atoms with Crippen molar-refractivity contribution in [3.8, 4) is 5.69 Å². The number of hydrogen-bond acceptors (Lipinski definition) is 3. The molecule has 0 bridgehead atoms. The van der Waals surface area contributed by atoms with Gasteiger partial charge in [-0.1, -0.05) is 29.8 Å². The van der Waals surface area contributed by atoms with E-state index in [1.807, 2.05) is 26.0 Å². The third kappa shape index (κ3) is 4.29. The molecule has 0 spiro atoms. The molecule has 0 aliphatic carbocycles. The van der Waals surface area contributed by atoms with Gasteiger partial charge in [-0.3, -0.25) is 18.7 Å². The summed E-state index contributed by atoms with van der Waals surface area (Å²) in [6.45, 7) is 4.28. The molecule has 0 saturated heterocycles. The fourth-order valence-electron chi connectivity index (χ4n) is 3.73. The van der Waals surface area contributed by atoms with Crippen molar-refractivity contribution >= 4 is 28.5 Å². The van der Waals surface area contributed by atoms with Gasteiger partial charge < -0.3 is 5.32 Å². The summed E-state index contributed by atoms with van der Waals surface area (Å²) >= 11 is 5.96. The molecule has 2 aromatic heterocycles. The lowest BCUT2D eigenvalue weighted by molar-refractivity contribution is -0.121. The van der Waals surface area contributed by atoms with E-state index in [1.54, 1.807) is 28.8 Å². The maximum absolute atomic E-state index is 13.8. The first kappa shape index (κ1) is 21.8. The number of carbonyl (C=O) groups excluding carboxylic acids is 1. The number of aryl methyl sites for hydroxylation is 2. The van der Waals surface area contributed by atoms with Crippen molar-refractivity contribution in [1.82, 2.24) is 19.4 Å². The summed E-state index contributed by atoms with van der Waals surface area (Å²) in [4.78, 5) is 29.9. The van der Waals surface area contributed by atoms with Gasteiger partial charge in [0.05, 0.1) is 17.4 Å². The molecule has 2 heterocycles. The van der Waals surface area contributed by atoms with E-state index in [4.69, 9.17) is 11.6 Å². The Bertz CT molecular complexity index is 1380. The molecule has 0 unspecified atom stereocenters. The van der Waals surface area contributed by atoms with Gasteiger partial charge >= 0.3 is 0 Å². The van der Waals surface area contributed by atoms with Crippen LogP contribution in [0.5, 0.6) is 0 Å². The number of amides is 1. The highest BCUT2D eigenvalue weighted by Crippen LogP contribution is 2.25. The van der Waals surface area contributed by atoms with Crippen LogP contribution in [0.2, 0.25) is 5.02 Å². The fourth-order valence-corrected chi connectivity index (χ4v) is 3.95. The van der Waals surface area contributed by atoms with Crippen LogP contribution in [0.1, 0.15) is 23.2 Å². The maximum atomic E-state index is 13.8. The molecule has 32 heavy (non-hydrogen) atoms. The molecule has 0 radical (unpaired) electrons. The third-order valence-corrected chi connectivity index (χ3v) is 5.74. The van der Waals surface area contributed by atoms with E-state index in [1.165, 1.54) is 23.0 Å². The fraction of sp³-hybridized carbons (Fsp3) is 0.208. The molecule has 2 aromatic carbocycles. The largest absolute Gasteiger partial charge is 0.352 e. The number of nitrogens with one attached hydrogen (secondary N) is 1. The van der Waals surface area contributed by atoms with E-state index in [-0.39, 0.29) is 30.2 Å². The lowest BCUT2D eigenvalue weighted by Crippen LogP contribution is -2.27. The van der Waals surface area contributed by atoms with E-state index >= 15 is 0 Å². The quantitative estimate of drug-likeness (QED) is 0.474. The van der Waals surface area contributed by atoms with Gasteiger partial charge in [0.15, 0.2) is 5.65 Å². The Morgan fingerprint density at radius 2 is 1.94 bits per heavy atom. The molecule has 0 aliphatic heterocycles. The minimum Gasteiger partial charge on any atom is -0.352 e. The Balaban J connectivity index is 1.54. The summed E-state index contributed by atoms with van der Waals surface area (Å²) in [5, 5.41) is 3.91. The van der Waals surface area contributed by atoms with E-state index in [2.05, 4.69) is 10.3 Å². The monoisotopic (exact) mass is 452 g/mol. The lowest BCUT2D eigenvalue weighted by atomic mass is 10.2. The predicted octanol–water partition coefficient (Wildman–Crippen LogP) is 4.30. The number of nitrogens with zero attached hydrogens (tertiary/aromatic N) is 3. The van der Waals surface area contributed by atoms with Gasteiger partial charge in [-0.15, -0.1) is 0 Å². The minimum atomic E-state index is -0.362. The normalized spacial score (nSPS) is 11.1. The van der Waals surface area contributed by atoms with E-state index in [0.717, 1.165) is 16.8 Å². The van der Waals surface area contributed by atoms with E-state index in [0.29, 0.717) is 28.3 Å². The molecule has 1 amide bonds. The highest BCUT2D eigenvalue weighted by atomic mass is 35.5. The van der Waals surface area contributed by atoms with Crippen LogP contribution in [0.3, 0.4) is 0 Å². The average Bonchev–Trinajstić information content (AvgIpc) is 3.02. The molecule has 0 atom stereocenters. The Kier molecular flexibility index (Phi) is 6.10. The van der Waals surface area contributed by atoms with Crippen molar-refractivity contribution in [2.45, 2.75) is 33.4 Å². The molecule has 164 valence electrons. The molecule has 1 N–H and O–H groups in total. The first-order valence-corrected chi connectivity index (χ1v) is 10.6. The molecule has 0 fully saturated rings. The van der Waals surface area contributed by atoms with Crippen molar-refractivity contribution < 1.29 is 9.18 Å². The second-order valence-electron chi connectivity index (χ2n) is 7.62. The summed E-state index contributed by atoms with van der Waals surface area (Å²) in [6.07, 6.45) is 1.57. The highest BCUT2D eigenvalue weighted by Gasteiger charge is 2.18. The molecule has 8 heteroatoms. The number of carbonyl (C=O) groups is 1. The van der Waals surface area contributed by atoms with Gasteiger partial charge in [-0.2, -0.15) is 0 Å². The van der Waals surface area contributed by atoms with Crippen LogP contribution in [0.4, 0.5) is 4.39 Å². The summed E-state index contributed by atoms with van der Waals surface area (Å²) in [6, 6.07) is 13.4. The number of halogens is 2. The summed E-state index contributed by atoms with van der Waals surface area (Å²) in [7, 11) is 0. The van der Waals surface area contributed by atoms with Crippen molar-refractivity contribution in [3.63, 3.8) is 0 Å². The van der Waals surface area contributed by atoms with Gasteiger partial charge in [-0.25, -0.2) is 9.37 Å². The SMILES string of the molecule is Cc1c(C)n(-c2cccc(F)c2)c2ncn(CCC(=O)NCc3cccc(Cl)c3)c(=O)c12. The van der Waals surface area contributed by atoms with Gasteiger partial charge in [0, 0.05) is 30.2 Å². The van der Waals surface area contributed by atoms with E-state index < -0.39 is 0 Å². The van der Waals surface area contributed by atoms with Crippen LogP contribution in [0.15, 0.2) is 59.7 Å². The zero-order chi connectivity index (χ0) is 22.8.